The topological polar surface area (TPSA) is 21.3 Å². The molecule has 0 fully saturated rings. The minimum atomic E-state index is 0.624. The second-order valence-electron chi connectivity index (χ2n) is 4.09. The summed E-state index contributed by atoms with van der Waals surface area (Å²) in [6.07, 6.45) is 2.54. The van der Waals surface area contributed by atoms with E-state index in [0.717, 1.165) is 19.8 Å². The van der Waals surface area contributed by atoms with Crippen LogP contribution >= 0.6 is 0 Å². The predicted octanol–water partition coefficient (Wildman–Crippen LogP) is 2.29. The van der Waals surface area contributed by atoms with Crippen LogP contribution in [0.2, 0.25) is 0 Å². The van der Waals surface area contributed by atoms with Crippen LogP contribution in [0, 0.1) is 11.8 Å². The van der Waals surface area contributed by atoms with Gasteiger partial charge in [0.1, 0.15) is 0 Å². The molecule has 0 aliphatic heterocycles. The smallest absolute Gasteiger partial charge is 0.0503 e. The molecule has 0 saturated heterocycles. The molecule has 2 nitrogen and oxygen atoms in total. The lowest BCUT2D eigenvalue weighted by atomic mass is 10.1. The molecule has 0 heterocycles. The van der Waals surface area contributed by atoms with Gasteiger partial charge in [0.15, 0.2) is 0 Å². The zero-order valence-electron chi connectivity index (χ0n) is 9.60. The quantitative estimate of drug-likeness (QED) is 0.629. The van der Waals surface area contributed by atoms with Gasteiger partial charge in [-0.25, -0.2) is 0 Å². The van der Waals surface area contributed by atoms with Crippen LogP contribution in [-0.4, -0.2) is 26.8 Å². The van der Waals surface area contributed by atoms with E-state index < -0.39 is 0 Å². The van der Waals surface area contributed by atoms with Crippen molar-refractivity contribution in [2.75, 3.05) is 26.8 Å². The average molecular weight is 187 g/mol. The zero-order chi connectivity index (χ0) is 10.1. The normalized spacial score (nSPS) is 15.7. The minimum Gasteiger partial charge on any atom is -0.381 e. The van der Waals surface area contributed by atoms with Crippen LogP contribution < -0.4 is 5.32 Å². The molecule has 0 aromatic carbocycles. The first kappa shape index (κ1) is 12.9. The molecule has 0 aromatic heterocycles. The van der Waals surface area contributed by atoms with Gasteiger partial charge in [-0.15, -0.1) is 0 Å². The summed E-state index contributed by atoms with van der Waals surface area (Å²) in [7, 11) is 1.98. The van der Waals surface area contributed by atoms with E-state index in [9.17, 15) is 0 Å². The summed E-state index contributed by atoms with van der Waals surface area (Å²) in [5.41, 5.74) is 0. The van der Waals surface area contributed by atoms with Gasteiger partial charge in [-0.2, -0.15) is 0 Å². The Labute approximate surface area is 83.1 Å². The summed E-state index contributed by atoms with van der Waals surface area (Å²) < 4.78 is 5.62. The third kappa shape index (κ3) is 8.26. The molecular weight excluding hydrogens is 162 g/mol. The molecule has 2 heteroatoms. The van der Waals surface area contributed by atoms with Gasteiger partial charge >= 0.3 is 0 Å². The summed E-state index contributed by atoms with van der Waals surface area (Å²) in [6, 6.07) is 0. The minimum absolute atomic E-state index is 0.624. The Balaban J connectivity index is 3.23. The second kappa shape index (κ2) is 8.52. The fraction of sp³-hybridized carbons (Fsp3) is 1.00. The fourth-order valence-electron chi connectivity index (χ4n) is 1.45. The monoisotopic (exact) mass is 187 g/mol. The molecule has 0 aliphatic carbocycles. The molecule has 0 rings (SSSR count). The number of hydrogen-bond acceptors (Lipinski definition) is 2. The molecule has 0 bridgehead atoms. The number of ether oxygens (including phenoxy) is 1. The highest BCUT2D eigenvalue weighted by molar-refractivity contribution is 4.54. The maximum absolute atomic E-state index is 5.62. The van der Waals surface area contributed by atoms with Gasteiger partial charge in [0.25, 0.3) is 0 Å². The molecule has 0 spiro atoms. The largest absolute Gasteiger partial charge is 0.381 e. The van der Waals surface area contributed by atoms with Crippen molar-refractivity contribution in [2.24, 2.45) is 11.8 Å². The van der Waals surface area contributed by atoms with Crippen molar-refractivity contribution < 1.29 is 4.74 Å². The Morgan fingerprint density at radius 3 is 2.31 bits per heavy atom. The van der Waals surface area contributed by atoms with E-state index in [4.69, 9.17) is 4.74 Å². The summed E-state index contributed by atoms with van der Waals surface area (Å²) in [5, 5.41) is 3.15. The van der Waals surface area contributed by atoms with Crippen molar-refractivity contribution in [1.29, 1.82) is 0 Å². The highest BCUT2D eigenvalue weighted by Gasteiger charge is 2.03. The Kier molecular flexibility index (Phi) is 8.46. The maximum atomic E-state index is 5.62. The zero-order valence-corrected chi connectivity index (χ0v) is 9.60. The standard InChI is InChI=1S/C11H25NO/c1-5-6-10(2)8-13-9-11(3)7-12-4/h10-12H,5-9H2,1-4H3. The second-order valence-corrected chi connectivity index (χ2v) is 4.09. The van der Waals surface area contributed by atoms with Gasteiger partial charge in [-0.05, 0) is 31.8 Å². The molecule has 0 aromatic rings. The lowest BCUT2D eigenvalue weighted by Crippen LogP contribution is -2.21. The van der Waals surface area contributed by atoms with Crippen LogP contribution in [0.1, 0.15) is 33.6 Å². The number of rotatable bonds is 8. The van der Waals surface area contributed by atoms with Crippen molar-refractivity contribution >= 4 is 0 Å². The van der Waals surface area contributed by atoms with Crippen LogP contribution in [0.3, 0.4) is 0 Å². The average Bonchev–Trinajstić information content (AvgIpc) is 2.05. The molecule has 0 saturated carbocycles. The Morgan fingerprint density at radius 2 is 1.77 bits per heavy atom. The van der Waals surface area contributed by atoms with Crippen LogP contribution in [0.25, 0.3) is 0 Å². The summed E-state index contributed by atoms with van der Waals surface area (Å²) >= 11 is 0. The van der Waals surface area contributed by atoms with Crippen molar-refractivity contribution in [3.63, 3.8) is 0 Å². The van der Waals surface area contributed by atoms with Crippen molar-refractivity contribution in [2.45, 2.75) is 33.6 Å². The van der Waals surface area contributed by atoms with Gasteiger partial charge in [0, 0.05) is 6.61 Å². The Bertz CT molecular complexity index is 94.3. The summed E-state index contributed by atoms with van der Waals surface area (Å²) in [4.78, 5) is 0. The fourth-order valence-corrected chi connectivity index (χ4v) is 1.45. The lowest BCUT2D eigenvalue weighted by Gasteiger charge is -2.14. The van der Waals surface area contributed by atoms with E-state index in [1.54, 1.807) is 0 Å². The molecule has 0 radical (unpaired) electrons. The molecule has 2 atom stereocenters. The van der Waals surface area contributed by atoms with E-state index >= 15 is 0 Å². The van der Waals surface area contributed by atoms with Crippen molar-refractivity contribution in [3.8, 4) is 0 Å². The van der Waals surface area contributed by atoms with E-state index in [1.807, 2.05) is 7.05 Å². The van der Waals surface area contributed by atoms with Crippen LogP contribution in [-0.2, 0) is 4.74 Å². The van der Waals surface area contributed by atoms with E-state index in [1.165, 1.54) is 12.8 Å². The van der Waals surface area contributed by atoms with Gasteiger partial charge in [-0.3, -0.25) is 0 Å². The highest BCUT2D eigenvalue weighted by atomic mass is 16.5. The molecule has 2 unspecified atom stereocenters. The van der Waals surface area contributed by atoms with Crippen LogP contribution in [0.15, 0.2) is 0 Å². The van der Waals surface area contributed by atoms with E-state index in [2.05, 4.69) is 26.1 Å². The summed E-state index contributed by atoms with van der Waals surface area (Å²) in [6.45, 7) is 9.53. The first-order valence-electron chi connectivity index (χ1n) is 5.43. The van der Waals surface area contributed by atoms with Gasteiger partial charge in [-0.1, -0.05) is 27.2 Å². The first-order chi connectivity index (χ1) is 6.20. The highest BCUT2D eigenvalue weighted by Crippen LogP contribution is 2.05. The third-order valence-electron chi connectivity index (χ3n) is 2.14. The molecule has 80 valence electrons. The molecule has 0 aliphatic rings. The number of nitrogens with one attached hydrogen (secondary N) is 1. The molecule has 1 N–H and O–H groups in total. The molecular formula is C11H25NO. The van der Waals surface area contributed by atoms with Crippen LogP contribution in [0.5, 0.6) is 0 Å². The van der Waals surface area contributed by atoms with Gasteiger partial charge in [0.2, 0.25) is 0 Å². The molecule has 0 amide bonds. The summed E-state index contributed by atoms with van der Waals surface area (Å²) in [5.74, 6) is 1.34. The third-order valence-corrected chi connectivity index (χ3v) is 2.14. The SMILES string of the molecule is CCCC(C)COCC(C)CNC. The van der Waals surface area contributed by atoms with Gasteiger partial charge in [0.05, 0.1) is 6.61 Å². The van der Waals surface area contributed by atoms with E-state index in [-0.39, 0.29) is 0 Å². The molecule has 13 heavy (non-hydrogen) atoms. The predicted molar refractivity (Wildman–Crippen MR) is 58.0 cm³/mol. The van der Waals surface area contributed by atoms with E-state index in [0.29, 0.717) is 11.8 Å². The van der Waals surface area contributed by atoms with Gasteiger partial charge < -0.3 is 10.1 Å². The van der Waals surface area contributed by atoms with Crippen molar-refractivity contribution in [3.05, 3.63) is 0 Å². The van der Waals surface area contributed by atoms with Crippen LogP contribution in [0.4, 0.5) is 0 Å². The van der Waals surface area contributed by atoms with Crippen molar-refractivity contribution in [1.82, 2.24) is 5.32 Å². The Hall–Kier alpha value is -0.0800. The maximum Gasteiger partial charge on any atom is 0.0503 e. The Morgan fingerprint density at radius 1 is 1.15 bits per heavy atom. The first-order valence-corrected chi connectivity index (χ1v) is 5.43. The lowest BCUT2D eigenvalue weighted by molar-refractivity contribution is 0.0778. The number of hydrogen-bond donors (Lipinski definition) is 1.